The van der Waals surface area contributed by atoms with Gasteiger partial charge in [-0.25, -0.2) is 0 Å². The number of hydrogen-bond donors (Lipinski definition) is 0. The largest absolute Gasteiger partial charge is 0.366 e. The molecule has 2 aliphatic heterocycles. The van der Waals surface area contributed by atoms with Crippen LogP contribution in [0.4, 0.5) is 5.69 Å². The van der Waals surface area contributed by atoms with E-state index in [1.54, 1.807) is 12.1 Å². The van der Waals surface area contributed by atoms with Crippen LogP contribution in [0.5, 0.6) is 0 Å². The Morgan fingerprint density at radius 1 is 0.828 bits per heavy atom. The fraction of sp³-hybridized carbons (Fsp3) is 0.545. The van der Waals surface area contributed by atoms with Crippen molar-refractivity contribution in [3.8, 4) is 0 Å². The highest BCUT2D eigenvalue weighted by atomic mass is 16.6. The van der Waals surface area contributed by atoms with Crippen molar-refractivity contribution >= 4 is 23.1 Å². The number of benzene rings is 1. The first-order valence-corrected chi connectivity index (χ1v) is 10.7. The second-order valence-corrected chi connectivity index (χ2v) is 8.20. The van der Waals surface area contributed by atoms with E-state index in [-0.39, 0.29) is 23.5 Å². The Labute approximate surface area is 170 Å². The minimum Gasteiger partial charge on any atom is -0.366 e. The zero-order chi connectivity index (χ0) is 20.4. The molecule has 0 spiro atoms. The van der Waals surface area contributed by atoms with Crippen molar-refractivity contribution in [1.29, 1.82) is 0 Å². The summed E-state index contributed by atoms with van der Waals surface area (Å²) in [7, 11) is 0. The molecule has 154 valence electrons. The number of non-ortho nitro benzene ring substituents is 1. The molecule has 3 aliphatic rings. The Morgan fingerprint density at radius 2 is 1.41 bits per heavy atom. The summed E-state index contributed by atoms with van der Waals surface area (Å²) < 4.78 is 0. The van der Waals surface area contributed by atoms with E-state index < -0.39 is 4.92 Å². The molecule has 7 heteroatoms. The van der Waals surface area contributed by atoms with Gasteiger partial charge in [0.2, 0.25) is 0 Å². The van der Waals surface area contributed by atoms with Gasteiger partial charge < -0.3 is 4.90 Å². The summed E-state index contributed by atoms with van der Waals surface area (Å²) in [6.07, 6.45) is 9.22. The third-order valence-corrected chi connectivity index (χ3v) is 6.32. The first kappa shape index (κ1) is 19.6. The molecule has 0 bridgehead atoms. The van der Waals surface area contributed by atoms with Gasteiger partial charge in [0.15, 0.2) is 0 Å². The maximum absolute atomic E-state index is 13.5. The highest BCUT2D eigenvalue weighted by molar-refractivity contribution is 6.35. The van der Waals surface area contributed by atoms with Gasteiger partial charge in [-0.05, 0) is 49.8 Å². The second-order valence-electron chi connectivity index (χ2n) is 8.20. The van der Waals surface area contributed by atoms with Crippen LogP contribution >= 0.6 is 0 Å². The van der Waals surface area contributed by atoms with Crippen LogP contribution in [0.2, 0.25) is 0 Å². The normalized spacial score (nSPS) is 21.7. The summed E-state index contributed by atoms with van der Waals surface area (Å²) in [4.78, 5) is 41.1. The zero-order valence-corrected chi connectivity index (χ0v) is 16.6. The fourth-order valence-electron chi connectivity index (χ4n) is 4.80. The van der Waals surface area contributed by atoms with Crippen molar-refractivity contribution < 1.29 is 14.5 Å². The van der Waals surface area contributed by atoms with Crippen LogP contribution in [-0.2, 0) is 9.59 Å². The first-order valence-electron chi connectivity index (χ1n) is 10.7. The molecule has 1 aromatic rings. The van der Waals surface area contributed by atoms with E-state index in [0.717, 1.165) is 70.9 Å². The summed E-state index contributed by atoms with van der Waals surface area (Å²) in [6, 6.07) is 5.95. The number of nitro benzene ring substituents is 1. The monoisotopic (exact) mass is 397 g/mol. The predicted molar refractivity (Wildman–Crippen MR) is 109 cm³/mol. The van der Waals surface area contributed by atoms with E-state index in [0.29, 0.717) is 16.8 Å². The lowest BCUT2D eigenvalue weighted by atomic mass is 10.0. The Bertz CT molecular complexity index is 832. The molecule has 4 rings (SSSR count). The molecular weight excluding hydrogens is 370 g/mol. The van der Waals surface area contributed by atoms with Gasteiger partial charge in [0.05, 0.1) is 10.5 Å². The van der Waals surface area contributed by atoms with Crippen molar-refractivity contribution in [2.75, 3.05) is 13.1 Å². The molecule has 0 aromatic heterocycles. The smallest absolute Gasteiger partial charge is 0.278 e. The van der Waals surface area contributed by atoms with Gasteiger partial charge in [-0.2, -0.15) is 0 Å². The molecule has 29 heavy (non-hydrogen) atoms. The number of nitrogens with zero attached hydrogens (tertiary/aromatic N) is 3. The van der Waals surface area contributed by atoms with E-state index in [1.807, 2.05) is 0 Å². The summed E-state index contributed by atoms with van der Waals surface area (Å²) >= 11 is 0. The fourth-order valence-corrected chi connectivity index (χ4v) is 4.80. The Hall–Kier alpha value is -2.70. The molecule has 0 atom stereocenters. The molecule has 1 saturated carbocycles. The van der Waals surface area contributed by atoms with E-state index in [2.05, 4.69) is 4.90 Å². The average molecular weight is 397 g/mol. The Morgan fingerprint density at radius 3 is 2.00 bits per heavy atom. The van der Waals surface area contributed by atoms with Crippen molar-refractivity contribution in [3.05, 3.63) is 45.6 Å². The van der Waals surface area contributed by atoms with Gasteiger partial charge in [-0.3, -0.25) is 24.6 Å². The maximum atomic E-state index is 13.5. The molecule has 1 aromatic carbocycles. The predicted octanol–water partition coefficient (Wildman–Crippen LogP) is 3.88. The lowest BCUT2D eigenvalue weighted by Crippen LogP contribution is -2.43. The number of hydrogen-bond acceptors (Lipinski definition) is 5. The van der Waals surface area contributed by atoms with Gasteiger partial charge in [-0.1, -0.05) is 25.7 Å². The van der Waals surface area contributed by atoms with E-state index in [9.17, 15) is 19.7 Å². The van der Waals surface area contributed by atoms with E-state index in [4.69, 9.17) is 0 Å². The molecule has 1 aliphatic carbocycles. The zero-order valence-electron chi connectivity index (χ0n) is 16.6. The van der Waals surface area contributed by atoms with Crippen LogP contribution in [0.15, 0.2) is 30.0 Å². The van der Waals surface area contributed by atoms with Gasteiger partial charge >= 0.3 is 0 Å². The average Bonchev–Trinajstić information content (AvgIpc) is 2.90. The lowest BCUT2D eigenvalue weighted by Gasteiger charge is -2.31. The van der Waals surface area contributed by atoms with Crippen LogP contribution in [0.1, 0.15) is 63.4 Å². The molecule has 7 nitrogen and oxygen atoms in total. The quantitative estimate of drug-likeness (QED) is 0.333. The number of imide groups is 1. The number of nitro groups is 1. The standard InChI is InChI=1S/C22H27N3O4/c26-21-19(16-10-12-18(13-11-16)25(28)29)20(23-14-6-3-7-15-23)22(27)24(21)17-8-4-1-2-5-9-17/h10-13,17H,1-9,14-15H2. The van der Waals surface area contributed by atoms with E-state index >= 15 is 0 Å². The third kappa shape index (κ3) is 3.78. The Balaban J connectivity index is 1.73. The Kier molecular flexibility index (Phi) is 5.65. The summed E-state index contributed by atoms with van der Waals surface area (Å²) in [6.45, 7) is 1.53. The van der Waals surface area contributed by atoms with Crippen LogP contribution < -0.4 is 0 Å². The van der Waals surface area contributed by atoms with Crippen molar-refractivity contribution in [2.45, 2.75) is 63.8 Å². The molecule has 0 radical (unpaired) electrons. The molecule has 0 N–H and O–H groups in total. The highest BCUT2D eigenvalue weighted by Gasteiger charge is 2.44. The van der Waals surface area contributed by atoms with Crippen LogP contribution in [0.25, 0.3) is 5.57 Å². The number of amides is 2. The van der Waals surface area contributed by atoms with Gasteiger partial charge in [0, 0.05) is 31.3 Å². The molecule has 1 saturated heterocycles. The first-order chi connectivity index (χ1) is 14.1. The SMILES string of the molecule is O=C1C(c2ccc([N+](=O)[O-])cc2)=C(N2CCCCC2)C(=O)N1C1CCCCCC1. The molecule has 2 amide bonds. The molecule has 2 heterocycles. The third-order valence-electron chi connectivity index (χ3n) is 6.32. The van der Waals surface area contributed by atoms with Gasteiger partial charge in [0.1, 0.15) is 5.70 Å². The molecule has 0 unspecified atom stereocenters. The van der Waals surface area contributed by atoms with Crippen LogP contribution in [0, 0.1) is 10.1 Å². The van der Waals surface area contributed by atoms with Crippen LogP contribution in [0.3, 0.4) is 0 Å². The number of carbonyl (C=O) groups is 2. The minimum atomic E-state index is -0.455. The minimum absolute atomic E-state index is 0.0220. The summed E-state index contributed by atoms with van der Waals surface area (Å²) in [5.41, 5.74) is 1.47. The molecule has 2 fully saturated rings. The van der Waals surface area contributed by atoms with Gasteiger partial charge in [0.25, 0.3) is 17.5 Å². The van der Waals surface area contributed by atoms with Crippen molar-refractivity contribution in [3.63, 3.8) is 0 Å². The van der Waals surface area contributed by atoms with Crippen molar-refractivity contribution in [1.82, 2.24) is 9.80 Å². The second kappa shape index (κ2) is 8.35. The van der Waals surface area contributed by atoms with E-state index in [1.165, 1.54) is 17.0 Å². The molecular formula is C22H27N3O4. The van der Waals surface area contributed by atoms with Crippen LogP contribution in [-0.4, -0.2) is 45.7 Å². The lowest BCUT2D eigenvalue weighted by molar-refractivity contribution is -0.384. The van der Waals surface area contributed by atoms with Crippen molar-refractivity contribution in [2.24, 2.45) is 0 Å². The highest BCUT2D eigenvalue weighted by Crippen LogP contribution is 2.37. The number of carbonyl (C=O) groups excluding carboxylic acids is 2. The topological polar surface area (TPSA) is 83.8 Å². The maximum Gasteiger partial charge on any atom is 0.278 e. The summed E-state index contributed by atoms with van der Waals surface area (Å²) in [5.74, 6) is -0.423. The summed E-state index contributed by atoms with van der Waals surface area (Å²) in [5, 5.41) is 11.0. The number of piperidine rings is 1. The number of rotatable bonds is 4. The number of likely N-dealkylation sites (tertiary alicyclic amines) is 1. The van der Waals surface area contributed by atoms with Gasteiger partial charge in [-0.15, -0.1) is 0 Å².